The Morgan fingerprint density at radius 2 is 1.83 bits per heavy atom. The topological polar surface area (TPSA) is 166 Å². The first kappa shape index (κ1) is 30.9. The van der Waals surface area contributed by atoms with Crippen LogP contribution >= 0.6 is 0 Å². The zero-order chi connectivity index (χ0) is 30.2. The van der Waals surface area contributed by atoms with Crippen molar-refractivity contribution in [1.82, 2.24) is 14.9 Å². The molecule has 5 N–H and O–H groups in total. The van der Waals surface area contributed by atoms with Gasteiger partial charge in [-0.25, -0.2) is 9.78 Å². The Labute approximate surface area is 239 Å². The Morgan fingerprint density at radius 1 is 1.12 bits per heavy atom. The summed E-state index contributed by atoms with van der Waals surface area (Å²) in [5.41, 5.74) is 8.40. The average Bonchev–Trinajstić information content (AvgIpc) is 3.30. The van der Waals surface area contributed by atoms with Gasteiger partial charge in [0.25, 0.3) is 0 Å². The third-order valence-electron chi connectivity index (χ3n) is 6.23. The first-order chi connectivity index (χ1) is 19.4. The third-order valence-corrected chi connectivity index (χ3v) is 6.23. The van der Waals surface area contributed by atoms with E-state index in [-0.39, 0.29) is 17.4 Å². The number of hydrogen-bond donors (Lipinski definition) is 4. The number of ether oxygens (including phenoxy) is 1. The summed E-state index contributed by atoms with van der Waals surface area (Å²) >= 11 is 0. The van der Waals surface area contributed by atoms with Gasteiger partial charge in [0.2, 0.25) is 11.7 Å². The number of carbonyl (C=O) groups is 2. The molecule has 1 atom stereocenters. The molecule has 41 heavy (non-hydrogen) atoms. The van der Waals surface area contributed by atoms with E-state index in [1.807, 2.05) is 36.0 Å². The van der Waals surface area contributed by atoms with Crippen molar-refractivity contribution in [2.45, 2.75) is 72.1 Å². The number of nitrogens with zero attached hydrogens (tertiary/aromatic N) is 3. The van der Waals surface area contributed by atoms with E-state index in [0.717, 1.165) is 17.5 Å². The first-order valence-corrected chi connectivity index (χ1v) is 13.6. The van der Waals surface area contributed by atoms with Gasteiger partial charge in [-0.2, -0.15) is 0 Å². The lowest BCUT2D eigenvalue weighted by Crippen LogP contribution is -2.45. The second-order valence-electron chi connectivity index (χ2n) is 10.6. The van der Waals surface area contributed by atoms with Crippen molar-refractivity contribution in [2.24, 2.45) is 0 Å². The molecule has 1 unspecified atom stereocenters. The molecule has 0 radical (unpaired) electrons. The number of carbonyl (C=O) groups excluding carboxylic acids is 2. The van der Waals surface area contributed by atoms with Crippen molar-refractivity contribution in [2.75, 3.05) is 22.9 Å². The number of benzene rings is 1. The minimum atomic E-state index is -0.769. The molecule has 3 aromatic rings. The SMILES string of the molecule is CCc1ccc(-c2cn(CCCNc3ccc([N+](=O)[O-])c(N)n3)cc2NC(=O)C(CC)NC(=O)OC(C)(C)C)cc1. The summed E-state index contributed by atoms with van der Waals surface area (Å²) in [5.74, 6) is -0.0320. The molecular weight excluding hydrogens is 526 g/mol. The monoisotopic (exact) mass is 565 g/mol. The highest BCUT2D eigenvalue weighted by molar-refractivity contribution is 5.99. The summed E-state index contributed by atoms with van der Waals surface area (Å²) in [5, 5.41) is 19.7. The summed E-state index contributed by atoms with van der Waals surface area (Å²) in [7, 11) is 0. The maximum atomic E-state index is 13.2. The molecule has 0 bridgehead atoms. The molecule has 12 nitrogen and oxygen atoms in total. The Bertz CT molecular complexity index is 1360. The number of nitrogens with one attached hydrogen (secondary N) is 3. The number of nitrogens with two attached hydrogens (primary N) is 1. The molecule has 0 aliphatic carbocycles. The largest absolute Gasteiger partial charge is 0.444 e. The highest BCUT2D eigenvalue weighted by Crippen LogP contribution is 2.30. The maximum absolute atomic E-state index is 13.2. The smallest absolute Gasteiger partial charge is 0.408 e. The van der Waals surface area contributed by atoms with Crippen LogP contribution in [0, 0.1) is 10.1 Å². The van der Waals surface area contributed by atoms with Gasteiger partial charge in [-0.15, -0.1) is 0 Å². The second-order valence-corrected chi connectivity index (χ2v) is 10.6. The van der Waals surface area contributed by atoms with Crippen LogP contribution in [0.4, 0.5) is 27.8 Å². The van der Waals surface area contributed by atoms with Crippen molar-refractivity contribution < 1.29 is 19.2 Å². The van der Waals surface area contributed by atoms with Gasteiger partial charge >= 0.3 is 11.8 Å². The minimum absolute atomic E-state index is 0.143. The molecule has 0 saturated heterocycles. The predicted octanol–water partition coefficient (Wildman–Crippen LogP) is 5.35. The molecule has 2 amide bonds. The number of nitro groups is 1. The van der Waals surface area contributed by atoms with Gasteiger partial charge in [-0.3, -0.25) is 14.9 Å². The molecule has 1 aromatic carbocycles. The van der Waals surface area contributed by atoms with Crippen molar-refractivity contribution >= 4 is 35.0 Å². The van der Waals surface area contributed by atoms with Crippen molar-refractivity contribution in [1.29, 1.82) is 0 Å². The van der Waals surface area contributed by atoms with E-state index < -0.39 is 22.7 Å². The van der Waals surface area contributed by atoms with E-state index in [1.54, 1.807) is 20.8 Å². The highest BCUT2D eigenvalue weighted by Gasteiger charge is 2.24. The molecule has 0 aliphatic rings. The van der Waals surface area contributed by atoms with Gasteiger partial charge in [0.05, 0.1) is 10.6 Å². The normalized spacial score (nSPS) is 11.9. The minimum Gasteiger partial charge on any atom is -0.444 e. The third kappa shape index (κ3) is 8.95. The van der Waals surface area contributed by atoms with Gasteiger partial charge < -0.3 is 31.0 Å². The van der Waals surface area contributed by atoms with E-state index in [1.165, 1.54) is 17.7 Å². The van der Waals surface area contributed by atoms with Crippen LogP contribution in [-0.4, -0.2) is 44.7 Å². The van der Waals surface area contributed by atoms with E-state index in [2.05, 4.69) is 40.0 Å². The van der Waals surface area contributed by atoms with E-state index in [0.29, 0.717) is 37.4 Å². The molecule has 12 heteroatoms. The summed E-state index contributed by atoms with van der Waals surface area (Å²) in [4.78, 5) is 39.9. The van der Waals surface area contributed by atoms with Crippen LogP contribution < -0.4 is 21.7 Å². The van der Waals surface area contributed by atoms with Gasteiger partial charge in [0.1, 0.15) is 17.5 Å². The Balaban J connectivity index is 1.72. The second kappa shape index (κ2) is 13.6. The number of pyridine rings is 1. The van der Waals surface area contributed by atoms with E-state index in [9.17, 15) is 19.7 Å². The molecule has 0 saturated carbocycles. The summed E-state index contributed by atoms with van der Waals surface area (Å²) in [6.45, 7) is 10.4. The lowest BCUT2D eigenvalue weighted by atomic mass is 10.0. The quantitative estimate of drug-likeness (QED) is 0.130. The zero-order valence-electron chi connectivity index (χ0n) is 24.2. The summed E-state index contributed by atoms with van der Waals surface area (Å²) in [6.07, 6.45) is 5.20. The van der Waals surface area contributed by atoms with Crippen LogP contribution in [-0.2, 0) is 22.5 Å². The van der Waals surface area contributed by atoms with E-state index >= 15 is 0 Å². The van der Waals surface area contributed by atoms with Crippen molar-refractivity contribution in [3.8, 4) is 11.1 Å². The zero-order valence-corrected chi connectivity index (χ0v) is 24.2. The van der Waals surface area contributed by atoms with Gasteiger partial charge in [0, 0.05) is 37.1 Å². The number of anilines is 3. The van der Waals surface area contributed by atoms with Crippen LogP contribution in [0.1, 0.15) is 53.0 Å². The Morgan fingerprint density at radius 3 is 2.41 bits per heavy atom. The number of nitrogen functional groups attached to an aromatic ring is 1. The maximum Gasteiger partial charge on any atom is 0.408 e. The highest BCUT2D eigenvalue weighted by atomic mass is 16.6. The fraction of sp³-hybridized carbons (Fsp3) is 0.414. The molecule has 220 valence electrons. The fourth-order valence-electron chi connectivity index (χ4n) is 4.11. The van der Waals surface area contributed by atoms with Crippen LogP contribution in [0.2, 0.25) is 0 Å². The fourth-order valence-corrected chi connectivity index (χ4v) is 4.11. The standard InChI is InChI=1S/C29H39N7O5/c1-6-19-9-11-20(12-10-19)21-17-35(16-8-15-31-25-14-13-24(36(39)40)26(30)34-25)18-23(21)32-27(37)22(7-2)33-28(38)41-29(3,4)5/h9-14,17-18,22H,6-8,15-16H2,1-5H3,(H,32,37)(H,33,38)(H3,30,31,34). The molecule has 0 spiro atoms. The summed E-state index contributed by atoms with van der Waals surface area (Å²) in [6, 6.07) is 10.2. The first-order valence-electron chi connectivity index (χ1n) is 13.6. The predicted molar refractivity (Wildman–Crippen MR) is 160 cm³/mol. The number of amides is 2. The molecule has 0 aliphatic heterocycles. The lowest BCUT2D eigenvalue weighted by molar-refractivity contribution is -0.384. The number of aryl methyl sites for hydroxylation is 2. The van der Waals surface area contributed by atoms with Crippen molar-refractivity contribution in [3.05, 3.63) is 64.5 Å². The number of hydrogen-bond acceptors (Lipinski definition) is 8. The van der Waals surface area contributed by atoms with Crippen LogP contribution in [0.5, 0.6) is 0 Å². The van der Waals surface area contributed by atoms with Gasteiger partial charge in [-0.05, 0) is 57.2 Å². The number of alkyl carbamates (subject to hydrolysis) is 1. The van der Waals surface area contributed by atoms with Crippen molar-refractivity contribution in [3.63, 3.8) is 0 Å². The van der Waals surface area contributed by atoms with Gasteiger partial charge in [-0.1, -0.05) is 38.1 Å². The summed E-state index contributed by atoms with van der Waals surface area (Å²) < 4.78 is 7.30. The van der Waals surface area contributed by atoms with Crippen LogP contribution in [0.3, 0.4) is 0 Å². The van der Waals surface area contributed by atoms with Crippen LogP contribution in [0.25, 0.3) is 11.1 Å². The van der Waals surface area contributed by atoms with E-state index in [4.69, 9.17) is 10.5 Å². The molecule has 2 heterocycles. The Kier molecular flexibility index (Phi) is 10.3. The lowest BCUT2D eigenvalue weighted by Gasteiger charge is -2.22. The molecular formula is C29H39N7O5. The molecule has 3 rings (SSSR count). The number of rotatable bonds is 12. The molecule has 0 fully saturated rings. The number of aromatic nitrogens is 2. The molecule has 2 aromatic heterocycles. The Hall–Kier alpha value is -4.61. The van der Waals surface area contributed by atoms with Crippen LogP contribution in [0.15, 0.2) is 48.8 Å². The van der Waals surface area contributed by atoms with Gasteiger partial charge in [0.15, 0.2) is 0 Å². The average molecular weight is 566 g/mol.